The second-order valence-electron chi connectivity index (χ2n) is 5.92. The van der Waals surface area contributed by atoms with Gasteiger partial charge in [0, 0.05) is 5.69 Å². The molecule has 1 aromatic carbocycles. The molecule has 1 N–H and O–H groups in total. The fourth-order valence-corrected chi connectivity index (χ4v) is 3.58. The van der Waals surface area contributed by atoms with E-state index >= 15 is 0 Å². The van der Waals surface area contributed by atoms with Gasteiger partial charge in [-0.2, -0.15) is 13.2 Å². The third-order valence-corrected chi connectivity index (χ3v) is 5.16. The summed E-state index contributed by atoms with van der Waals surface area (Å²) in [5.41, 5.74) is -0.449. The van der Waals surface area contributed by atoms with Crippen molar-refractivity contribution in [3.8, 4) is 5.75 Å². The molecular formula is C18H22BrF3N2OS. The van der Waals surface area contributed by atoms with Gasteiger partial charge in [-0.25, -0.2) is 4.98 Å². The van der Waals surface area contributed by atoms with Crippen molar-refractivity contribution in [3.63, 3.8) is 0 Å². The number of ether oxygens (including phenoxy) is 1. The van der Waals surface area contributed by atoms with Gasteiger partial charge in [0.1, 0.15) is 5.75 Å². The van der Waals surface area contributed by atoms with Gasteiger partial charge in [0.25, 0.3) is 0 Å². The van der Waals surface area contributed by atoms with Crippen molar-refractivity contribution in [2.24, 2.45) is 0 Å². The molecule has 0 spiro atoms. The molecule has 0 saturated carbocycles. The Balaban J connectivity index is 1.97. The Morgan fingerprint density at radius 3 is 2.54 bits per heavy atom. The highest BCUT2D eigenvalue weighted by molar-refractivity contribution is 9.11. The van der Waals surface area contributed by atoms with Crippen LogP contribution in [0.25, 0.3) is 0 Å². The van der Waals surface area contributed by atoms with Crippen LogP contribution in [0, 0.1) is 0 Å². The normalized spacial score (nSPS) is 11.6. The summed E-state index contributed by atoms with van der Waals surface area (Å²) in [5, 5.41) is 3.40. The first-order chi connectivity index (χ1) is 12.4. The molecule has 0 aliphatic heterocycles. The maximum Gasteiger partial charge on any atom is 0.420 e. The maximum atomic E-state index is 13.4. The highest BCUT2D eigenvalue weighted by atomic mass is 79.9. The molecule has 8 heteroatoms. The molecule has 0 aliphatic rings. The topological polar surface area (TPSA) is 34.1 Å². The summed E-state index contributed by atoms with van der Waals surface area (Å²) < 4.78 is 46.3. The van der Waals surface area contributed by atoms with E-state index in [4.69, 9.17) is 4.74 Å². The average Bonchev–Trinajstić information content (AvgIpc) is 2.99. The van der Waals surface area contributed by atoms with E-state index in [9.17, 15) is 13.2 Å². The number of rotatable bonds is 10. The van der Waals surface area contributed by atoms with Crippen LogP contribution < -0.4 is 10.1 Å². The van der Waals surface area contributed by atoms with Crippen molar-refractivity contribution in [1.29, 1.82) is 0 Å². The van der Waals surface area contributed by atoms with Crippen LogP contribution in [-0.4, -0.2) is 11.6 Å². The van der Waals surface area contributed by atoms with E-state index < -0.39 is 11.7 Å². The number of nitrogens with zero attached hydrogens (tertiary/aromatic N) is 1. The van der Waals surface area contributed by atoms with Crippen molar-refractivity contribution in [2.75, 3.05) is 11.9 Å². The van der Waals surface area contributed by atoms with Crippen LogP contribution in [0.15, 0.2) is 28.2 Å². The lowest BCUT2D eigenvalue weighted by molar-refractivity contribution is -0.138. The van der Waals surface area contributed by atoms with Gasteiger partial charge >= 0.3 is 6.18 Å². The van der Waals surface area contributed by atoms with Crippen LogP contribution in [0.5, 0.6) is 5.75 Å². The molecule has 0 unspecified atom stereocenters. The van der Waals surface area contributed by atoms with Crippen molar-refractivity contribution in [2.45, 2.75) is 51.6 Å². The van der Waals surface area contributed by atoms with E-state index in [0.29, 0.717) is 17.4 Å². The molecule has 0 radical (unpaired) electrons. The molecule has 0 fully saturated rings. The summed E-state index contributed by atoms with van der Waals surface area (Å²) in [6.07, 6.45) is 3.47. The largest absolute Gasteiger partial charge is 0.493 e. The molecule has 3 nitrogen and oxygen atoms in total. The molecular weight excluding hydrogens is 429 g/mol. The smallest absolute Gasteiger partial charge is 0.420 e. The Hall–Kier alpha value is -1.28. The number of thiazole rings is 1. The fourth-order valence-electron chi connectivity index (χ4n) is 2.46. The highest BCUT2D eigenvalue weighted by Crippen LogP contribution is 2.39. The second-order valence-corrected chi connectivity index (χ2v) is 8.33. The van der Waals surface area contributed by atoms with E-state index in [0.717, 1.165) is 35.5 Å². The van der Waals surface area contributed by atoms with E-state index in [2.05, 4.69) is 33.2 Å². The lowest BCUT2D eigenvalue weighted by atomic mass is 10.1. The molecule has 144 valence electrons. The van der Waals surface area contributed by atoms with E-state index in [1.54, 1.807) is 12.3 Å². The molecule has 2 rings (SSSR count). The van der Waals surface area contributed by atoms with Crippen LogP contribution in [0.1, 0.15) is 51.0 Å². The zero-order valence-corrected chi connectivity index (χ0v) is 16.9. The number of anilines is 2. The lowest BCUT2D eigenvalue weighted by Crippen LogP contribution is -2.10. The van der Waals surface area contributed by atoms with Gasteiger partial charge in [-0.3, -0.25) is 0 Å². The zero-order chi connectivity index (χ0) is 19.0. The van der Waals surface area contributed by atoms with Gasteiger partial charge in [0.05, 0.1) is 22.2 Å². The molecule has 0 amide bonds. The number of halogens is 4. The Morgan fingerprint density at radius 2 is 1.88 bits per heavy atom. The molecule has 0 bridgehead atoms. The molecule has 1 aromatic heterocycles. The molecule has 0 saturated heterocycles. The summed E-state index contributed by atoms with van der Waals surface area (Å²) in [4.78, 5) is 4.06. The minimum Gasteiger partial charge on any atom is -0.493 e. The summed E-state index contributed by atoms with van der Waals surface area (Å²) in [5.74, 6) is -0.128. The maximum absolute atomic E-state index is 13.4. The molecule has 2 aromatic rings. The monoisotopic (exact) mass is 450 g/mol. The quantitative estimate of drug-likeness (QED) is 0.382. The minimum absolute atomic E-state index is 0.128. The Labute approximate surface area is 164 Å². The standard InChI is InChI=1S/C18H22BrF3N2OS/c1-2-3-4-5-6-7-10-25-15-9-8-13(11-14(15)18(20,21)22)24-17-23-12-16(19)26-17/h8-9,11-12H,2-7,10H2,1H3,(H,23,24). The Kier molecular flexibility index (Phi) is 8.21. The highest BCUT2D eigenvalue weighted by Gasteiger charge is 2.34. The summed E-state index contributed by atoms with van der Waals surface area (Å²) >= 11 is 4.58. The predicted octanol–water partition coefficient (Wildman–Crippen LogP) is 7.41. The first-order valence-corrected chi connectivity index (χ1v) is 10.2. The predicted molar refractivity (Wildman–Crippen MR) is 103 cm³/mol. The van der Waals surface area contributed by atoms with Gasteiger partial charge in [-0.05, 0) is 40.5 Å². The average molecular weight is 451 g/mol. The van der Waals surface area contributed by atoms with Gasteiger partial charge in [-0.15, -0.1) is 0 Å². The molecule has 1 heterocycles. The Bertz CT molecular complexity index is 691. The van der Waals surface area contributed by atoms with Crippen molar-refractivity contribution in [1.82, 2.24) is 4.98 Å². The number of alkyl halides is 3. The van der Waals surface area contributed by atoms with Crippen LogP contribution in [0.3, 0.4) is 0 Å². The molecule has 26 heavy (non-hydrogen) atoms. The Morgan fingerprint density at radius 1 is 1.15 bits per heavy atom. The van der Waals surface area contributed by atoms with E-state index in [1.807, 2.05) is 0 Å². The minimum atomic E-state index is -4.47. The van der Waals surface area contributed by atoms with Gasteiger partial charge in [0.2, 0.25) is 0 Å². The lowest BCUT2D eigenvalue weighted by Gasteiger charge is -2.15. The van der Waals surface area contributed by atoms with Gasteiger partial charge in [0.15, 0.2) is 5.13 Å². The van der Waals surface area contributed by atoms with Crippen molar-refractivity contribution in [3.05, 3.63) is 33.7 Å². The van der Waals surface area contributed by atoms with Crippen LogP contribution in [0.2, 0.25) is 0 Å². The van der Waals surface area contributed by atoms with Gasteiger partial charge in [-0.1, -0.05) is 50.4 Å². The summed E-state index contributed by atoms with van der Waals surface area (Å²) in [6.45, 7) is 2.44. The first-order valence-electron chi connectivity index (χ1n) is 8.62. The van der Waals surface area contributed by atoms with Gasteiger partial charge < -0.3 is 10.1 Å². The molecule has 0 aliphatic carbocycles. The number of hydrogen-bond acceptors (Lipinski definition) is 4. The number of hydrogen-bond donors (Lipinski definition) is 1. The van der Waals surface area contributed by atoms with Crippen molar-refractivity contribution < 1.29 is 17.9 Å². The number of aromatic nitrogens is 1. The number of benzene rings is 1. The van der Waals surface area contributed by atoms with Crippen molar-refractivity contribution >= 4 is 38.1 Å². The summed E-state index contributed by atoms with van der Waals surface area (Å²) in [6, 6.07) is 4.00. The first kappa shape index (κ1) is 21.0. The van der Waals surface area contributed by atoms with Crippen LogP contribution in [-0.2, 0) is 6.18 Å². The number of nitrogens with one attached hydrogen (secondary N) is 1. The number of unbranched alkanes of at least 4 members (excludes halogenated alkanes) is 5. The molecule has 0 atom stereocenters. The van der Waals surface area contributed by atoms with E-state index in [1.165, 1.54) is 30.2 Å². The third-order valence-electron chi connectivity index (χ3n) is 3.77. The van der Waals surface area contributed by atoms with E-state index in [-0.39, 0.29) is 5.75 Å². The SMILES string of the molecule is CCCCCCCCOc1ccc(Nc2ncc(Br)s2)cc1C(F)(F)F. The fraction of sp³-hybridized carbons (Fsp3) is 0.500. The zero-order valence-electron chi connectivity index (χ0n) is 14.5. The second kappa shape index (κ2) is 10.2. The van der Waals surface area contributed by atoms with Crippen LogP contribution >= 0.6 is 27.3 Å². The summed E-state index contributed by atoms with van der Waals surface area (Å²) in [7, 11) is 0. The third kappa shape index (κ3) is 6.79. The van der Waals surface area contributed by atoms with Crippen LogP contribution in [0.4, 0.5) is 24.0 Å².